The molecule has 6 atom stereocenters. The third kappa shape index (κ3) is 44.3. The number of unbranched alkanes of at least 4 members (excludes halogenated alkanes) is 25. The van der Waals surface area contributed by atoms with Gasteiger partial charge in [0.05, 0.1) is 6.61 Å². The monoisotopic (exact) mass is 1110 g/mol. The molecule has 1 heterocycles. The van der Waals surface area contributed by atoms with Crippen LogP contribution in [0.4, 0.5) is 0 Å². The van der Waals surface area contributed by atoms with Gasteiger partial charge in [0.15, 0.2) is 24.6 Å². The molecule has 1 fully saturated rings. The van der Waals surface area contributed by atoms with E-state index in [0.717, 1.165) is 141 Å². The molecule has 0 radical (unpaired) electrons. The molecule has 6 unspecified atom stereocenters. The SMILES string of the molecule is CC/C=C\C/C=C\C/C=C\C/C=C\CCCCCCC(=O)OCC(COC1OC(C(=O)O)C(O)C(O)C1OC(=O)CCCCCCCCCCCCCCCCC)OC(=O)CCCCCCCCC/C=C\C/C=C\C/C=C\CC. The molecule has 452 valence electrons. The van der Waals surface area contributed by atoms with Gasteiger partial charge >= 0.3 is 23.9 Å². The van der Waals surface area contributed by atoms with Crippen LogP contribution < -0.4 is 0 Å². The molecule has 0 aromatic heterocycles. The van der Waals surface area contributed by atoms with Crippen molar-refractivity contribution in [3.8, 4) is 0 Å². The Morgan fingerprint density at radius 1 is 0.430 bits per heavy atom. The third-order valence-corrected chi connectivity index (χ3v) is 14.0. The number of allylic oxidation sites excluding steroid dienone is 14. The van der Waals surface area contributed by atoms with Gasteiger partial charge in [0.25, 0.3) is 0 Å². The Hall–Kier alpha value is -4.10. The van der Waals surface area contributed by atoms with Gasteiger partial charge in [-0.15, -0.1) is 0 Å². The number of aliphatic hydroxyl groups is 2. The molecule has 1 aliphatic heterocycles. The molecule has 0 bridgehead atoms. The Morgan fingerprint density at radius 3 is 1.22 bits per heavy atom. The number of esters is 3. The number of hydrogen-bond acceptors (Lipinski definition) is 11. The highest BCUT2D eigenvalue weighted by Gasteiger charge is 2.50. The Kier molecular flexibility index (Phi) is 50.3. The molecule has 1 saturated heterocycles. The summed E-state index contributed by atoms with van der Waals surface area (Å²) in [6.07, 6.45) is 58.2. The molecule has 1 rings (SSSR count). The fourth-order valence-corrected chi connectivity index (χ4v) is 9.20. The van der Waals surface area contributed by atoms with E-state index in [-0.39, 0.29) is 25.9 Å². The van der Waals surface area contributed by atoms with E-state index in [4.69, 9.17) is 23.7 Å². The predicted molar refractivity (Wildman–Crippen MR) is 321 cm³/mol. The van der Waals surface area contributed by atoms with Crippen molar-refractivity contribution in [2.75, 3.05) is 13.2 Å². The van der Waals surface area contributed by atoms with E-state index < -0.39 is 67.3 Å². The first kappa shape index (κ1) is 72.9. The zero-order chi connectivity index (χ0) is 57.5. The molecule has 0 aliphatic carbocycles. The normalized spacial score (nSPS) is 18.4. The number of carboxylic acids is 1. The number of carbonyl (C=O) groups is 4. The van der Waals surface area contributed by atoms with Crippen molar-refractivity contribution in [3.63, 3.8) is 0 Å². The molecule has 0 saturated carbocycles. The molecular formula is C67H112O12. The second kappa shape index (κ2) is 54.5. The van der Waals surface area contributed by atoms with Crippen LogP contribution >= 0.6 is 0 Å². The lowest BCUT2D eigenvalue weighted by molar-refractivity contribution is -0.301. The van der Waals surface area contributed by atoms with Crippen molar-refractivity contribution in [1.82, 2.24) is 0 Å². The van der Waals surface area contributed by atoms with Crippen molar-refractivity contribution >= 4 is 23.9 Å². The molecule has 0 aromatic rings. The standard InChI is InChI=1S/C67H112O12/c1-4-7-10-13-16-19-22-25-28-30-33-35-38-41-44-47-50-53-59(68)75-56-58(77-60(69)54-51-48-45-42-39-37-34-31-29-26-23-20-17-14-11-8-5-2)57-76-67-65(63(72)62(71)64(79-67)66(73)74)78-61(70)55-52-49-46-43-40-36-32-27-24-21-18-15-12-9-6-3/h7-8,10-11,16-17,19-20,25-26,28-29,33,35,58,62-65,67,71-72H,4-6,9,12-15,18,21-24,27,30-32,34,36-57H2,1-3H3,(H,73,74)/b10-7-,11-8-,19-16-,20-17-,28-25-,29-26-,35-33-. The van der Waals surface area contributed by atoms with Crippen LogP contribution in [0.3, 0.4) is 0 Å². The van der Waals surface area contributed by atoms with Crippen LogP contribution in [-0.4, -0.2) is 89.2 Å². The molecule has 79 heavy (non-hydrogen) atoms. The molecule has 0 aromatic carbocycles. The number of carboxylic acid groups (broad SMARTS) is 1. The van der Waals surface area contributed by atoms with E-state index in [2.05, 4.69) is 106 Å². The van der Waals surface area contributed by atoms with E-state index in [1.807, 2.05) is 0 Å². The van der Waals surface area contributed by atoms with Crippen LogP contribution in [0.15, 0.2) is 85.1 Å². The fraction of sp³-hybridized carbons (Fsp3) is 0.731. The van der Waals surface area contributed by atoms with Crippen molar-refractivity contribution in [1.29, 1.82) is 0 Å². The maximum absolute atomic E-state index is 13.2. The average molecular weight is 1110 g/mol. The summed E-state index contributed by atoms with van der Waals surface area (Å²) in [6, 6.07) is 0. The van der Waals surface area contributed by atoms with E-state index in [1.165, 1.54) is 64.2 Å². The summed E-state index contributed by atoms with van der Waals surface area (Å²) in [5, 5.41) is 31.6. The second-order valence-corrected chi connectivity index (χ2v) is 21.3. The van der Waals surface area contributed by atoms with E-state index in [1.54, 1.807) is 0 Å². The number of hydrogen-bond donors (Lipinski definition) is 3. The maximum atomic E-state index is 13.2. The number of ether oxygens (including phenoxy) is 5. The zero-order valence-corrected chi connectivity index (χ0v) is 49.8. The minimum atomic E-state index is -1.91. The second-order valence-electron chi connectivity index (χ2n) is 21.3. The fourth-order valence-electron chi connectivity index (χ4n) is 9.20. The topological polar surface area (TPSA) is 175 Å². The van der Waals surface area contributed by atoms with Crippen LogP contribution in [0.5, 0.6) is 0 Å². The lowest BCUT2D eigenvalue weighted by Gasteiger charge is -2.40. The minimum absolute atomic E-state index is 0.0574. The summed E-state index contributed by atoms with van der Waals surface area (Å²) < 4.78 is 28.5. The summed E-state index contributed by atoms with van der Waals surface area (Å²) in [6.45, 7) is 5.76. The Morgan fingerprint density at radius 2 is 0.797 bits per heavy atom. The van der Waals surface area contributed by atoms with Crippen molar-refractivity contribution < 1.29 is 58.2 Å². The average Bonchev–Trinajstić information content (AvgIpc) is 3.46. The Labute approximate surface area is 480 Å². The zero-order valence-electron chi connectivity index (χ0n) is 49.8. The first-order chi connectivity index (χ1) is 38.6. The third-order valence-electron chi connectivity index (χ3n) is 14.0. The lowest BCUT2D eigenvalue weighted by atomic mass is 9.98. The van der Waals surface area contributed by atoms with Crippen LogP contribution in [0, 0.1) is 0 Å². The van der Waals surface area contributed by atoms with Crippen LogP contribution in [0.25, 0.3) is 0 Å². The smallest absolute Gasteiger partial charge is 0.335 e. The highest BCUT2D eigenvalue weighted by Crippen LogP contribution is 2.27. The van der Waals surface area contributed by atoms with E-state index >= 15 is 0 Å². The summed E-state index contributed by atoms with van der Waals surface area (Å²) in [5.74, 6) is -3.15. The van der Waals surface area contributed by atoms with Gasteiger partial charge in [-0.05, 0) is 89.9 Å². The predicted octanol–water partition coefficient (Wildman–Crippen LogP) is 16.7. The quantitative estimate of drug-likeness (QED) is 0.0228. The lowest BCUT2D eigenvalue weighted by Crippen LogP contribution is -2.61. The summed E-state index contributed by atoms with van der Waals surface area (Å²) >= 11 is 0. The minimum Gasteiger partial charge on any atom is -0.479 e. The molecule has 12 heteroatoms. The number of aliphatic carboxylic acids is 1. The van der Waals surface area contributed by atoms with Gasteiger partial charge in [0.2, 0.25) is 0 Å². The van der Waals surface area contributed by atoms with E-state index in [0.29, 0.717) is 19.3 Å². The van der Waals surface area contributed by atoms with Crippen LogP contribution in [-0.2, 0) is 42.9 Å². The highest BCUT2D eigenvalue weighted by atomic mass is 16.7. The van der Waals surface area contributed by atoms with Gasteiger partial charge in [-0.1, -0.05) is 241 Å². The Bertz CT molecular complexity index is 1700. The van der Waals surface area contributed by atoms with Crippen molar-refractivity contribution in [2.45, 2.75) is 302 Å². The molecule has 12 nitrogen and oxygen atoms in total. The number of rotatable bonds is 53. The van der Waals surface area contributed by atoms with Crippen molar-refractivity contribution in [3.05, 3.63) is 85.1 Å². The highest BCUT2D eigenvalue weighted by molar-refractivity contribution is 5.74. The van der Waals surface area contributed by atoms with E-state index in [9.17, 15) is 34.5 Å². The Balaban J connectivity index is 2.69. The number of aliphatic hydroxyl groups excluding tert-OH is 2. The van der Waals surface area contributed by atoms with Crippen LogP contribution in [0.2, 0.25) is 0 Å². The summed E-state index contributed by atoms with van der Waals surface area (Å²) in [7, 11) is 0. The maximum Gasteiger partial charge on any atom is 0.335 e. The first-order valence-electron chi connectivity index (χ1n) is 31.6. The van der Waals surface area contributed by atoms with Gasteiger partial charge in [-0.3, -0.25) is 14.4 Å². The molecule has 0 amide bonds. The largest absolute Gasteiger partial charge is 0.479 e. The van der Waals surface area contributed by atoms with Crippen molar-refractivity contribution in [2.24, 2.45) is 0 Å². The summed E-state index contributed by atoms with van der Waals surface area (Å²) in [5.41, 5.74) is 0. The van der Waals surface area contributed by atoms with Gasteiger partial charge in [0, 0.05) is 19.3 Å². The first-order valence-corrected chi connectivity index (χ1v) is 31.6. The van der Waals surface area contributed by atoms with Gasteiger partial charge in [-0.25, -0.2) is 4.79 Å². The van der Waals surface area contributed by atoms with Crippen LogP contribution in [0.1, 0.15) is 265 Å². The van der Waals surface area contributed by atoms with Gasteiger partial charge in [-0.2, -0.15) is 0 Å². The molecule has 1 aliphatic rings. The van der Waals surface area contributed by atoms with Gasteiger partial charge in [0.1, 0.15) is 18.8 Å². The summed E-state index contributed by atoms with van der Waals surface area (Å²) in [4.78, 5) is 51.3. The molecule has 0 spiro atoms. The molecule has 3 N–H and O–H groups in total. The molecular weight excluding hydrogens is 997 g/mol. The van der Waals surface area contributed by atoms with Gasteiger partial charge < -0.3 is 39.0 Å². The number of carbonyl (C=O) groups excluding carboxylic acids is 3.